The first-order chi connectivity index (χ1) is 14.2. The first-order valence-corrected chi connectivity index (χ1v) is 10.0. The number of aryl methyl sites for hydroxylation is 1. The highest BCUT2D eigenvalue weighted by atomic mass is 35.5. The number of halogens is 4. The molecule has 1 atom stereocenters. The lowest BCUT2D eigenvalue weighted by Gasteiger charge is -2.34. The molecule has 0 aliphatic heterocycles. The van der Waals surface area contributed by atoms with Crippen molar-refractivity contribution in [3.63, 3.8) is 0 Å². The van der Waals surface area contributed by atoms with E-state index < -0.39 is 35.1 Å². The summed E-state index contributed by atoms with van der Waals surface area (Å²) in [7, 11) is 0. The third-order valence-corrected chi connectivity index (χ3v) is 5.51. The molecule has 160 valence electrons. The molecule has 8 heteroatoms. The van der Waals surface area contributed by atoms with E-state index in [9.17, 15) is 22.8 Å². The molecule has 2 aromatic carbocycles. The van der Waals surface area contributed by atoms with Crippen molar-refractivity contribution in [2.45, 2.75) is 50.6 Å². The Balaban J connectivity index is 1.97. The smallest absolute Gasteiger partial charge is 0.321 e. The molecule has 0 heterocycles. The summed E-state index contributed by atoms with van der Waals surface area (Å²) in [5.74, 6) is -3.87. The van der Waals surface area contributed by atoms with Crippen molar-refractivity contribution in [2.75, 3.05) is 4.90 Å². The molecule has 4 nitrogen and oxygen atoms in total. The van der Waals surface area contributed by atoms with Gasteiger partial charge in [-0.25, -0.2) is 13.2 Å². The van der Waals surface area contributed by atoms with Crippen LogP contribution in [-0.4, -0.2) is 23.2 Å². The highest BCUT2D eigenvalue weighted by Crippen LogP contribution is 2.35. The topological polar surface area (TPSA) is 49.4 Å². The van der Waals surface area contributed by atoms with E-state index in [4.69, 9.17) is 11.6 Å². The van der Waals surface area contributed by atoms with Crippen LogP contribution in [0.2, 0.25) is 0 Å². The third-order valence-electron chi connectivity index (χ3n) is 5.33. The fourth-order valence-corrected chi connectivity index (χ4v) is 3.93. The van der Waals surface area contributed by atoms with Gasteiger partial charge in [-0.15, -0.1) is 0 Å². The number of rotatable bonds is 5. The number of hydrogen-bond acceptors (Lipinski definition) is 2. The molecule has 1 aliphatic rings. The lowest BCUT2D eigenvalue weighted by atomic mass is 9.91. The lowest BCUT2D eigenvalue weighted by Crippen LogP contribution is -2.47. The van der Waals surface area contributed by atoms with Crippen LogP contribution in [0.4, 0.5) is 23.7 Å². The van der Waals surface area contributed by atoms with E-state index in [-0.39, 0.29) is 31.4 Å². The molecule has 0 bridgehead atoms. The Bertz CT molecular complexity index is 928. The number of hydrogen-bond donors (Lipinski definition) is 1. The van der Waals surface area contributed by atoms with Gasteiger partial charge in [0.05, 0.1) is 0 Å². The lowest BCUT2D eigenvalue weighted by molar-refractivity contribution is -0.124. The maximum absolute atomic E-state index is 13.8. The second-order valence-electron chi connectivity index (χ2n) is 7.50. The zero-order valence-electron chi connectivity index (χ0n) is 16.4. The van der Waals surface area contributed by atoms with Crippen molar-refractivity contribution >= 4 is 28.6 Å². The Hall–Kier alpha value is -2.54. The number of nitrogens with zero attached hydrogens (tertiary/aromatic N) is 1. The number of alkyl halides is 2. The van der Waals surface area contributed by atoms with Gasteiger partial charge in [-0.1, -0.05) is 30.3 Å². The molecule has 1 saturated carbocycles. The molecule has 0 aromatic heterocycles. The summed E-state index contributed by atoms with van der Waals surface area (Å²) in [6, 6.07) is 10.5. The minimum absolute atomic E-state index is 0.119. The van der Waals surface area contributed by atoms with E-state index >= 15 is 0 Å². The number of carbonyl (C=O) groups is 2. The highest BCUT2D eigenvalue weighted by molar-refractivity contribution is 6.66. The monoisotopic (exact) mass is 438 g/mol. The van der Waals surface area contributed by atoms with Gasteiger partial charge in [0.25, 0.3) is 0 Å². The van der Waals surface area contributed by atoms with Gasteiger partial charge in [0.15, 0.2) is 0 Å². The summed E-state index contributed by atoms with van der Waals surface area (Å²) in [6.07, 6.45) is -0.355. The molecule has 2 aromatic rings. The molecule has 0 spiro atoms. The van der Waals surface area contributed by atoms with Gasteiger partial charge in [0, 0.05) is 24.6 Å². The summed E-state index contributed by atoms with van der Waals surface area (Å²) in [6.45, 7) is 1.78. The van der Waals surface area contributed by atoms with Crippen molar-refractivity contribution in [1.82, 2.24) is 5.32 Å². The number of amides is 2. The van der Waals surface area contributed by atoms with Crippen molar-refractivity contribution in [3.8, 4) is 0 Å². The SMILES string of the molecule is Cc1ccccc1C(C(=O)NC1CCC(F)(F)CC1)N(C(=O)Cl)c1cccc(F)c1. The first-order valence-electron chi connectivity index (χ1n) is 9.66. The fraction of sp³-hybridized carbons (Fsp3) is 0.364. The molecule has 1 fully saturated rings. The molecule has 3 rings (SSSR count). The Kier molecular flexibility index (Phi) is 6.71. The first kappa shape index (κ1) is 22.2. The highest BCUT2D eigenvalue weighted by Gasteiger charge is 2.38. The average Bonchev–Trinajstić information content (AvgIpc) is 2.68. The van der Waals surface area contributed by atoms with Crippen molar-refractivity contribution in [3.05, 3.63) is 65.5 Å². The summed E-state index contributed by atoms with van der Waals surface area (Å²) in [5.41, 5.74) is 1.36. The zero-order chi connectivity index (χ0) is 21.9. The van der Waals surface area contributed by atoms with Crippen LogP contribution in [-0.2, 0) is 4.79 Å². The summed E-state index contributed by atoms with van der Waals surface area (Å²) in [5, 5.41) is 1.82. The Morgan fingerprint density at radius 2 is 1.80 bits per heavy atom. The van der Waals surface area contributed by atoms with Crippen LogP contribution in [0.5, 0.6) is 0 Å². The third kappa shape index (κ3) is 5.14. The second-order valence-corrected chi connectivity index (χ2v) is 7.82. The van der Waals surface area contributed by atoms with Gasteiger partial charge in [-0.2, -0.15) is 0 Å². The summed E-state index contributed by atoms with van der Waals surface area (Å²) >= 11 is 5.84. The van der Waals surface area contributed by atoms with Crippen LogP contribution >= 0.6 is 11.6 Å². The zero-order valence-corrected chi connectivity index (χ0v) is 17.1. The molecule has 30 heavy (non-hydrogen) atoms. The predicted octanol–water partition coefficient (Wildman–Crippen LogP) is 5.73. The Labute approximate surface area is 178 Å². The van der Waals surface area contributed by atoms with Crippen molar-refractivity contribution in [1.29, 1.82) is 0 Å². The van der Waals surface area contributed by atoms with E-state index in [2.05, 4.69) is 5.32 Å². The van der Waals surface area contributed by atoms with E-state index in [1.165, 1.54) is 18.2 Å². The van der Waals surface area contributed by atoms with E-state index in [1.807, 2.05) is 0 Å². The quantitative estimate of drug-likeness (QED) is 0.478. The Morgan fingerprint density at radius 3 is 2.40 bits per heavy atom. The molecule has 1 unspecified atom stereocenters. The van der Waals surface area contributed by atoms with Crippen LogP contribution in [0.1, 0.15) is 42.9 Å². The van der Waals surface area contributed by atoms with E-state index in [0.29, 0.717) is 5.56 Å². The van der Waals surface area contributed by atoms with Crippen LogP contribution in [0.3, 0.4) is 0 Å². The van der Waals surface area contributed by atoms with E-state index in [0.717, 1.165) is 16.5 Å². The van der Waals surface area contributed by atoms with Gasteiger partial charge >= 0.3 is 5.37 Å². The fourth-order valence-electron chi connectivity index (χ4n) is 3.73. The van der Waals surface area contributed by atoms with Gasteiger partial charge in [0.2, 0.25) is 11.8 Å². The second kappa shape index (κ2) is 9.08. The number of nitrogens with one attached hydrogen (secondary N) is 1. The van der Waals surface area contributed by atoms with Gasteiger partial charge in [-0.3, -0.25) is 14.5 Å². The molecule has 0 saturated heterocycles. The van der Waals surface area contributed by atoms with Gasteiger partial charge in [0.1, 0.15) is 11.9 Å². The molecule has 1 aliphatic carbocycles. The number of benzene rings is 2. The molecular formula is C22H22ClF3N2O2. The average molecular weight is 439 g/mol. The van der Waals surface area contributed by atoms with Gasteiger partial charge in [-0.05, 0) is 60.7 Å². The molecule has 1 N–H and O–H groups in total. The minimum Gasteiger partial charge on any atom is -0.351 e. The Morgan fingerprint density at radius 1 is 1.13 bits per heavy atom. The standard InChI is InChI=1S/C22H22ClF3N2O2/c1-14-5-2-3-8-18(14)19(20(29)27-16-9-11-22(25,26)12-10-16)28(21(23)30)17-7-4-6-15(24)13-17/h2-8,13,16,19H,9-12H2,1H3,(H,27,29). The van der Waals surface area contributed by atoms with E-state index in [1.54, 1.807) is 31.2 Å². The predicted molar refractivity (Wildman–Crippen MR) is 109 cm³/mol. The number of carbonyl (C=O) groups excluding carboxylic acids is 2. The molecule has 2 amide bonds. The van der Waals surface area contributed by atoms with Crippen molar-refractivity contribution < 1.29 is 22.8 Å². The summed E-state index contributed by atoms with van der Waals surface area (Å²) in [4.78, 5) is 26.7. The maximum Gasteiger partial charge on any atom is 0.321 e. The molecular weight excluding hydrogens is 417 g/mol. The number of anilines is 1. The van der Waals surface area contributed by atoms with Gasteiger partial charge < -0.3 is 5.32 Å². The van der Waals surface area contributed by atoms with Crippen LogP contribution in [0, 0.1) is 12.7 Å². The van der Waals surface area contributed by atoms with Crippen molar-refractivity contribution in [2.24, 2.45) is 0 Å². The van der Waals surface area contributed by atoms with Crippen LogP contribution in [0.15, 0.2) is 48.5 Å². The minimum atomic E-state index is -2.73. The van der Waals surface area contributed by atoms with Crippen LogP contribution < -0.4 is 10.2 Å². The summed E-state index contributed by atoms with van der Waals surface area (Å²) < 4.78 is 40.8. The van der Waals surface area contributed by atoms with Crippen LogP contribution in [0.25, 0.3) is 0 Å². The largest absolute Gasteiger partial charge is 0.351 e. The maximum atomic E-state index is 13.8. The normalized spacial score (nSPS) is 17.2. The molecule has 0 radical (unpaired) electrons.